The molecule has 7 heteroatoms. The molecule has 1 saturated heterocycles. The molecule has 1 aliphatic rings. The average molecular weight is 396 g/mol. The van der Waals surface area contributed by atoms with E-state index in [1.54, 1.807) is 11.3 Å². The molecule has 1 amide bonds. The molecule has 0 bridgehead atoms. The summed E-state index contributed by atoms with van der Waals surface area (Å²) in [6.07, 6.45) is 5.59. The van der Waals surface area contributed by atoms with E-state index in [-0.39, 0.29) is 11.8 Å². The first-order valence-corrected chi connectivity index (χ1v) is 10.5. The molecule has 0 unspecified atom stereocenters. The van der Waals surface area contributed by atoms with Crippen molar-refractivity contribution in [1.29, 1.82) is 0 Å². The number of aromatic nitrogens is 3. The largest absolute Gasteiger partial charge is 0.347 e. The summed E-state index contributed by atoms with van der Waals surface area (Å²) in [6.45, 7) is 5.98. The fourth-order valence-electron chi connectivity index (χ4n) is 3.43. The molecule has 0 aliphatic carbocycles. The van der Waals surface area contributed by atoms with Gasteiger partial charge in [-0.2, -0.15) is 0 Å². The van der Waals surface area contributed by atoms with E-state index < -0.39 is 0 Å². The molecular weight excluding hydrogens is 370 g/mol. The highest BCUT2D eigenvalue weighted by atomic mass is 32.1. The van der Waals surface area contributed by atoms with Crippen LogP contribution in [0.1, 0.15) is 38.2 Å². The molecule has 28 heavy (non-hydrogen) atoms. The number of carbonyl (C=O) groups excluding carboxylic acids is 1. The van der Waals surface area contributed by atoms with Crippen molar-refractivity contribution < 1.29 is 4.79 Å². The first kappa shape index (κ1) is 18.7. The summed E-state index contributed by atoms with van der Waals surface area (Å²) in [5, 5.41) is 13.5. The lowest BCUT2D eigenvalue weighted by atomic mass is 9.96. The summed E-state index contributed by atoms with van der Waals surface area (Å²) in [7, 11) is 0. The number of hydrogen-bond donors (Lipinski definition) is 1. The van der Waals surface area contributed by atoms with Crippen LogP contribution in [-0.4, -0.2) is 33.8 Å². The van der Waals surface area contributed by atoms with Crippen LogP contribution in [-0.2, 0) is 4.79 Å². The van der Waals surface area contributed by atoms with Gasteiger partial charge in [0.2, 0.25) is 16.2 Å². The maximum Gasteiger partial charge on any atom is 0.227 e. The van der Waals surface area contributed by atoms with Gasteiger partial charge in [-0.25, -0.2) is 0 Å². The van der Waals surface area contributed by atoms with Crippen LogP contribution in [0.3, 0.4) is 0 Å². The first-order chi connectivity index (χ1) is 13.6. The zero-order valence-corrected chi connectivity index (χ0v) is 17.0. The van der Waals surface area contributed by atoms with Crippen LogP contribution >= 0.6 is 11.3 Å². The zero-order chi connectivity index (χ0) is 19.5. The van der Waals surface area contributed by atoms with Gasteiger partial charge in [0.15, 0.2) is 0 Å². The Morgan fingerprint density at radius 3 is 2.36 bits per heavy atom. The average Bonchev–Trinajstić information content (AvgIpc) is 3.40. The third-order valence-electron chi connectivity index (χ3n) is 5.21. The summed E-state index contributed by atoms with van der Waals surface area (Å²) in [6, 6.07) is 12.1. The van der Waals surface area contributed by atoms with E-state index in [4.69, 9.17) is 0 Å². The van der Waals surface area contributed by atoms with Crippen molar-refractivity contribution in [2.45, 2.75) is 32.6 Å². The van der Waals surface area contributed by atoms with E-state index in [9.17, 15) is 4.79 Å². The van der Waals surface area contributed by atoms with Gasteiger partial charge in [-0.3, -0.25) is 9.36 Å². The molecule has 6 nitrogen and oxygen atoms in total. The molecule has 2 aromatic heterocycles. The van der Waals surface area contributed by atoms with Crippen LogP contribution in [0.25, 0.3) is 5.13 Å². The molecule has 3 heterocycles. The Kier molecular flexibility index (Phi) is 5.43. The highest BCUT2D eigenvalue weighted by molar-refractivity contribution is 7.17. The van der Waals surface area contributed by atoms with E-state index in [1.807, 2.05) is 41.2 Å². The van der Waals surface area contributed by atoms with Crippen LogP contribution in [0, 0.1) is 5.92 Å². The Bertz CT molecular complexity index is 909. The number of anilines is 2. The third-order valence-corrected chi connectivity index (χ3v) is 6.21. The lowest BCUT2D eigenvalue weighted by Crippen LogP contribution is -2.38. The summed E-state index contributed by atoms with van der Waals surface area (Å²) < 4.78 is 1.96. The highest BCUT2D eigenvalue weighted by Crippen LogP contribution is 2.28. The Labute approximate surface area is 169 Å². The maximum atomic E-state index is 12.6. The molecule has 1 fully saturated rings. The molecule has 146 valence electrons. The number of rotatable bonds is 5. The molecule has 4 rings (SSSR count). The zero-order valence-electron chi connectivity index (χ0n) is 16.2. The highest BCUT2D eigenvalue weighted by Gasteiger charge is 2.26. The molecular formula is C21H25N5OS. The topological polar surface area (TPSA) is 63.1 Å². The predicted molar refractivity (Wildman–Crippen MR) is 113 cm³/mol. The van der Waals surface area contributed by atoms with Crippen LogP contribution in [0.15, 0.2) is 48.8 Å². The van der Waals surface area contributed by atoms with Gasteiger partial charge in [-0.1, -0.05) is 37.3 Å². The lowest BCUT2D eigenvalue weighted by Gasteiger charge is -2.30. The number of piperidine rings is 1. The smallest absolute Gasteiger partial charge is 0.227 e. The minimum Gasteiger partial charge on any atom is -0.347 e. The standard InChI is InChI=1S/C21H25N5OS/c1-15(2)16-5-7-18(8-6-16)22-19(27)17-9-13-26(14-10-17)21-24-23-20(28-21)25-11-3-4-12-25/h3-8,11-12,15,17H,9-10,13-14H2,1-2H3,(H,22,27). The second-order valence-corrected chi connectivity index (χ2v) is 8.42. The Morgan fingerprint density at radius 2 is 1.71 bits per heavy atom. The van der Waals surface area contributed by atoms with Gasteiger partial charge in [0, 0.05) is 37.1 Å². The summed E-state index contributed by atoms with van der Waals surface area (Å²) in [5.74, 6) is 0.646. The predicted octanol–water partition coefficient (Wildman–Crippen LogP) is 4.31. The molecule has 1 aliphatic heterocycles. The molecule has 1 N–H and O–H groups in total. The van der Waals surface area contributed by atoms with Gasteiger partial charge in [0.1, 0.15) is 0 Å². The quantitative estimate of drug-likeness (QED) is 0.699. The van der Waals surface area contributed by atoms with Crippen LogP contribution in [0.5, 0.6) is 0 Å². The maximum absolute atomic E-state index is 12.6. The van der Waals surface area contributed by atoms with Gasteiger partial charge in [-0.15, -0.1) is 10.2 Å². The second-order valence-electron chi connectivity index (χ2n) is 7.48. The van der Waals surface area contributed by atoms with Crippen molar-refractivity contribution in [1.82, 2.24) is 14.8 Å². The third kappa shape index (κ3) is 4.09. The van der Waals surface area contributed by atoms with Crippen LogP contribution in [0.4, 0.5) is 10.8 Å². The van der Waals surface area contributed by atoms with E-state index >= 15 is 0 Å². The van der Waals surface area contributed by atoms with Crippen molar-refractivity contribution in [2.75, 3.05) is 23.3 Å². The number of carbonyl (C=O) groups is 1. The first-order valence-electron chi connectivity index (χ1n) is 9.73. The van der Waals surface area contributed by atoms with E-state index in [1.165, 1.54) is 5.56 Å². The minimum atomic E-state index is 0.0397. The fraction of sp³-hybridized carbons (Fsp3) is 0.381. The molecule has 0 radical (unpaired) electrons. The monoisotopic (exact) mass is 395 g/mol. The van der Waals surface area contributed by atoms with Gasteiger partial charge in [0.25, 0.3) is 0 Å². The Morgan fingerprint density at radius 1 is 1.07 bits per heavy atom. The summed E-state index contributed by atoms with van der Waals surface area (Å²) >= 11 is 1.58. The number of amides is 1. The lowest BCUT2D eigenvalue weighted by molar-refractivity contribution is -0.120. The van der Waals surface area contributed by atoms with Crippen LogP contribution in [0.2, 0.25) is 0 Å². The number of benzene rings is 1. The number of hydrogen-bond acceptors (Lipinski definition) is 5. The minimum absolute atomic E-state index is 0.0397. The number of nitrogens with zero attached hydrogens (tertiary/aromatic N) is 4. The van der Waals surface area contributed by atoms with E-state index in [0.29, 0.717) is 5.92 Å². The van der Waals surface area contributed by atoms with E-state index in [2.05, 4.69) is 46.4 Å². The fourth-order valence-corrected chi connectivity index (χ4v) is 4.30. The second kappa shape index (κ2) is 8.14. The molecule has 3 aromatic rings. The van der Waals surface area contributed by atoms with Crippen molar-refractivity contribution in [3.05, 3.63) is 54.4 Å². The Hall–Kier alpha value is -2.67. The van der Waals surface area contributed by atoms with Crippen LogP contribution < -0.4 is 10.2 Å². The molecule has 1 aromatic carbocycles. The Balaban J connectivity index is 1.31. The summed E-state index contributed by atoms with van der Waals surface area (Å²) in [4.78, 5) is 14.9. The van der Waals surface area contributed by atoms with Crippen molar-refractivity contribution in [3.8, 4) is 5.13 Å². The SMILES string of the molecule is CC(C)c1ccc(NC(=O)C2CCN(c3nnc(-n4cccc4)s3)CC2)cc1. The molecule has 0 saturated carbocycles. The van der Waals surface area contributed by atoms with E-state index in [0.717, 1.165) is 41.9 Å². The van der Waals surface area contributed by atoms with Gasteiger partial charge in [-0.05, 0) is 48.6 Å². The number of nitrogens with one attached hydrogen (secondary N) is 1. The van der Waals surface area contributed by atoms with Crippen molar-refractivity contribution in [3.63, 3.8) is 0 Å². The van der Waals surface area contributed by atoms with Gasteiger partial charge >= 0.3 is 0 Å². The normalized spacial score (nSPS) is 15.2. The summed E-state index contributed by atoms with van der Waals surface area (Å²) in [5.41, 5.74) is 2.15. The van der Waals surface area contributed by atoms with Crippen molar-refractivity contribution in [2.24, 2.45) is 5.92 Å². The molecule has 0 spiro atoms. The van der Waals surface area contributed by atoms with Gasteiger partial charge < -0.3 is 10.2 Å². The van der Waals surface area contributed by atoms with Crippen molar-refractivity contribution >= 4 is 28.1 Å². The molecule has 0 atom stereocenters. The van der Waals surface area contributed by atoms with Gasteiger partial charge in [0.05, 0.1) is 0 Å².